The number of rotatable bonds is 7. The molecule has 0 radical (unpaired) electrons. The SMILES string of the molecule is O=C(CCOc1ccc(Cl)cc1)NCc1cnn(-c2ccccc2)c1. The minimum absolute atomic E-state index is 0.0681. The van der Waals surface area contributed by atoms with Crippen LogP contribution >= 0.6 is 11.6 Å². The third kappa shape index (κ3) is 5.09. The van der Waals surface area contributed by atoms with E-state index in [0.29, 0.717) is 23.9 Å². The molecule has 0 saturated carbocycles. The number of carbonyl (C=O) groups excluding carboxylic acids is 1. The van der Waals surface area contributed by atoms with Gasteiger partial charge in [0.1, 0.15) is 5.75 Å². The van der Waals surface area contributed by atoms with E-state index >= 15 is 0 Å². The van der Waals surface area contributed by atoms with E-state index in [1.165, 1.54) is 0 Å². The van der Waals surface area contributed by atoms with Crippen molar-refractivity contribution in [2.45, 2.75) is 13.0 Å². The van der Waals surface area contributed by atoms with Crippen LogP contribution in [-0.4, -0.2) is 22.3 Å². The zero-order chi connectivity index (χ0) is 17.5. The molecule has 0 saturated heterocycles. The lowest BCUT2D eigenvalue weighted by atomic mass is 10.3. The molecule has 1 heterocycles. The van der Waals surface area contributed by atoms with Crippen LogP contribution in [0.15, 0.2) is 67.0 Å². The van der Waals surface area contributed by atoms with E-state index < -0.39 is 0 Å². The highest BCUT2D eigenvalue weighted by Gasteiger charge is 2.05. The molecule has 0 aliphatic carbocycles. The summed E-state index contributed by atoms with van der Waals surface area (Å²) < 4.78 is 7.29. The van der Waals surface area contributed by atoms with E-state index in [4.69, 9.17) is 16.3 Å². The van der Waals surface area contributed by atoms with E-state index in [1.807, 2.05) is 36.5 Å². The summed E-state index contributed by atoms with van der Waals surface area (Å²) in [6, 6.07) is 16.9. The first kappa shape index (κ1) is 17.0. The molecule has 1 amide bonds. The first-order valence-electron chi connectivity index (χ1n) is 7.95. The van der Waals surface area contributed by atoms with Gasteiger partial charge in [0.05, 0.1) is 24.9 Å². The molecule has 3 aromatic rings. The van der Waals surface area contributed by atoms with Crippen molar-refractivity contribution in [3.63, 3.8) is 0 Å². The number of aromatic nitrogens is 2. The van der Waals surface area contributed by atoms with Gasteiger partial charge in [-0.2, -0.15) is 5.10 Å². The predicted octanol–water partition coefficient (Wildman–Crippen LogP) is 3.61. The summed E-state index contributed by atoms with van der Waals surface area (Å²) in [7, 11) is 0. The Morgan fingerprint density at radius 1 is 1.12 bits per heavy atom. The number of nitrogens with one attached hydrogen (secondary N) is 1. The molecule has 0 unspecified atom stereocenters. The van der Waals surface area contributed by atoms with Crippen molar-refractivity contribution in [2.24, 2.45) is 0 Å². The highest BCUT2D eigenvalue weighted by atomic mass is 35.5. The Morgan fingerprint density at radius 3 is 2.64 bits per heavy atom. The van der Waals surface area contributed by atoms with Gasteiger partial charge in [0.15, 0.2) is 0 Å². The Hall–Kier alpha value is -2.79. The van der Waals surface area contributed by atoms with Gasteiger partial charge in [0.2, 0.25) is 5.91 Å². The van der Waals surface area contributed by atoms with Crippen molar-refractivity contribution in [1.82, 2.24) is 15.1 Å². The monoisotopic (exact) mass is 355 g/mol. The van der Waals surface area contributed by atoms with Gasteiger partial charge in [-0.1, -0.05) is 29.8 Å². The van der Waals surface area contributed by atoms with Gasteiger partial charge in [0, 0.05) is 23.3 Å². The van der Waals surface area contributed by atoms with E-state index in [1.54, 1.807) is 35.1 Å². The molecule has 1 aromatic heterocycles. The number of halogens is 1. The molecule has 5 nitrogen and oxygen atoms in total. The van der Waals surface area contributed by atoms with Gasteiger partial charge in [-0.25, -0.2) is 4.68 Å². The van der Waals surface area contributed by atoms with Crippen LogP contribution in [0, 0.1) is 0 Å². The maximum absolute atomic E-state index is 11.9. The van der Waals surface area contributed by atoms with Crippen LogP contribution in [0.1, 0.15) is 12.0 Å². The molecule has 0 aliphatic heterocycles. The van der Waals surface area contributed by atoms with Crippen molar-refractivity contribution < 1.29 is 9.53 Å². The number of amides is 1. The van der Waals surface area contributed by atoms with Crippen molar-refractivity contribution in [1.29, 1.82) is 0 Å². The van der Waals surface area contributed by atoms with Gasteiger partial charge < -0.3 is 10.1 Å². The number of ether oxygens (including phenoxy) is 1. The molecule has 3 rings (SSSR count). The van der Waals surface area contributed by atoms with Crippen LogP contribution in [0.25, 0.3) is 5.69 Å². The Labute approximate surface area is 151 Å². The zero-order valence-electron chi connectivity index (χ0n) is 13.6. The minimum Gasteiger partial charge on any atom is -0.493 e. The Balaban J connectivity index is 1.42. The van der Waals surface area contributed by atoms with Crippen LogP contribution in [-0.2, 0) is 11.3 Å². The third-order valence-electron chi connectivity index (χ3n) is 3.56. The largest absolute Gasteiger partial charge is 0.493 e. The second-order valence-electron chi connectivity index (χ2n) is 5.46. The average Bonchev–Trinajstić information content (AvgIpc) is 3.11. The molecule has 1 N–H and O–H groups in total. The summed E-state index contributed by atoms with van der Waals surface area (Å²) in [5, 5.41) is 7.82. The van der Waals surface area contributed by atoms with Crippen molar-refractivity contribution in [2.75, 3.05) is 6.61 Å². The number of benzene rings is 2. The van der Waals surface area contributed by atoms with Gasteiger partial charge in [-0.3, -0.25) is 4.79 Å². The summed E-state index contributed by atoms with van der Waals surface area (Å²) >= 11 is 5.81. The van der Waals surface area contributed by atoms with Crippen LogP contribution in [0.5, 0.6) is 5.75 Å². The normalized spacial score (nSPS) is 10.4. The van der Waals surface area contributed by atoms with Crippen LogP contribution in [0.2, 0.25) is 5.02 Å². The third-order valence-corrected chi connectivity index (χ3v) is 3.81. The lowest BCUT2D eigenvalue weighted by molar-refractivity contribution is -0.121. The fourth-order valence-corrected chi connectivity index (χ4v) is 2.38. The van der Waals surface area contributed by atoms with Gasteiger partial charge in [0.25, 0.3) is 0 Å². The average molecular weight is 356 g/mol. The maximum atomic E-state index is 11.9. The minimum atomic E-state index is -0.0681. The van der Waals surface area contributed by atoms with Crippen LogP contribution in [0.4, 0.5) is 0 Å². The number of hydrogen-bond acceptors (Lipinski definition) is 3. The summed E-state index contributed by atoms with van der Waals surface area (Å²) in [6.45, 7) is 0.753. The summed E-state index contributed by atoms with van der Waals surface area (Å²) in [5.41, 5.74) is 1.92. The topological polar surface area (TPSA) is 56.1 Å². The smallest absolute Gasteiger partial charge is 0.223 e. The van der Waals surface area contributed by atoms with Crippen LogP contribution < -0.4 is 10.1 Å². The van der Waals surface area contributed by atoms with Gasteiger partial charge in [-0.05, 0) is 36.4 Å². The zero-order valence-corrected chi connectivity index (χ0v) is 14.3. The number of hydrogen-bond donors (Lipinski definition) is 1. The quantitative estimate of drug-likeness (QED) is 0.704. The molecular weight excluding hydrogens is 338 g/mol. The lowest BCUT2D eigenvalue weighted by Crippen LogP contribution is -2.24. The molecule has 0 bridgehead atoms. The Kier molecular flexibility index (Phi) is 5.69. The number of para-hydroxylation sites is 1. The highest BCUT2D eigenvalue weighted by Crippen LogP contribution is 2.15. The van der Waals surface area contributed by atoms with E-state index in [2.05, 4.69) is 10.4 Å². The molecule has 2 aromatic carbocycles. The van der Waals surface area contributed by atoms with E-state index in [9.17, 15) is 4.79 Å². The van der Waals surface area contributed by atoms with Crippen molar-refractivity contribution in [3.8, 4) is 11.4 Å². The van der Waals surface area contributed by atoms with E-state index in [0.717, 1.165) is 11.3 Å². The van der Waals surface area contributed by atoms with Crippen molar-refractivity contribution in [3.05, 3.63) is 77.6 Å². The molecule has 25 heavy (non-hydrogen) atoms. The molecular formula is C19H18ClN3O2. The van der Waals surface area contributed by atoms with Gasteiger partial charge >= 0.3 is 0 Å². The molecule has 0 spiro atoms. The lowest BCUT2D eigenvalue weighted by Gasteiger charge is -2.06. The summed E-state index contributed by atoms with van der Waals surface area (Å²) in [6.07, 6.45) is 3.94. The first-order chi connectivity index (χ1) is 12.2. The Bertz CT molecular complexity index is 816. The fraction of sp³-hybridized carbons (Fsp3) is 0.158. The molecule has 0 fully saturated rings. The number of nitrogens with zero attached hydrogens (tertiary/aromatic N) is 2. The van der Waals surface area contributed by atoms with Crippen LogP contribution in [0.3, 0.4) is 0 Å². The molecule has 128 valence electrons. The van der Waals surface area contributed by atoms with E-state index in [-0.39, 0.29) is 12.3 Å². The van der Waals surface area contributed by atoms with Crippen molar-refractivity contribution >= 4 is 17.5 Å². The first-order valence-corrected chi connectivity index (χ1v) is 8.32. The predicted molar refractivity (Wildman–Crippen MR) is 97.0 cm³/mol. The summed E-state index contributed by atoms with van der Waals surface area (Å²) in [5.74, 6) is 0.628. The number of carbonyl (C=O) groups is 1. The highest BCUT2D eigenvalue weighted by molar-refractivity contribution is 6.30. The summed E-state index contributed by atoms with van der Waals surface area (Å²) in [4.78, 5) is 11.9. The second kappa shape index (κ2) is 8.35. The second-order valence-corrected chi connectivity index (χ2v) is 5.89. The van der Waals surface area contributed by atoms with Gasteiger partial charge in [-0.15, -0.1) is 0 Å². The molecule has 0 aliphatic rings. The molecule has 6 heteroatoms. The molecule has 0 atom stereocenters. The standard InChI is InChI=1S/C19H18ClN3O2/c20-16-6-8-18(9-7-16)25-11-10-19(24)21-12-15-13-22-23(14-15)17-4-2-1-3-5-17/h1-9,13-14H,10-12H2,(H,21,24). The fourth-order valence-electron chi connectivity index (χ4n) is 2.25. The maximum Gasteiger partial charge on any atom is 0.223 e. The Morgan fingerprint density at radius 2 is 1.88 bits per heavy atom.